The van der Waals surface area contributed by atoms with Crippen LogP contribution in [0.2, 0.25) is 0 Å². The van der Waals surface area contributed by atoms with Gasteiger partial charge in [0.05, 0.1) is 29.0 Å². The Labute approximate surface area is 169 Å². The maximum absolute atomic E-state index is 12.9. The van der Waals surface area contributed by atoms with Crippen LogP contribution in [-0.2, 0) is 24.2 Å². The smallest absolute Gasteiger partial charge is 0.548 e. The summed E-state index contributed by atoms with van der Waals surface area (Å²) in [6, 6.07) is -1.43. The number of carboxylic acid groups (broad SMARTS) is 1. The number of carboxylic acids is 1. The van der Waals surface area contributed by atoms with Crippen molar-refractivity contribution in [1.29, 1.82) is 0 Å². The molecule has 4 rings (SSSR count). The van der Waals surface area contributed by atoms with Crippen LogP contribution in [0.5, 0.6) is 0 Å². The van der Waals surface area contributed by atoms with Crippen molar-refractivity contribution in [3.05, 3.63) is 0 Å². The number of fused-ring (bicyclic) bond motifs is 2. The number of nitrogens with zero attached hydrogens (tertiary/aromatic N) is 1. The van der Waals surface area contributed by atoms with Crippen molar-refractivity contribution in [3.8, 4) is 0 Å². The van der Waals surface area contributed by atoms with E-state index in [1.165, 1.54) is 20.3 Å². The van der Waals surface area contributed by atoms with Gasteiger partial charge in [-0.05, 0) is 33.1 Å². The molecule has 7 nitrogen and oxygen atoms in total. The quantitative estimate of drug-likeness (QED) is 0.374. The van der Waals surface area contributed by atoms with Crippen LogP contribution < -0.4 is 34.7 Å². The Bertz CT molecular complexity index is 716. The molecule has 25 heavy (non-hydrogen) atoms. The standard InChI is InChI=1S/C16H23NO6S.Na/c1-15(2)11(12(18)19)17-13(20)16(14(17)24(15,21)22)8-10(16)23-9-6-4-3-5-7-9;/h9-11,14H,3-8H2,1-2H3,(H,18,19);/q;+1/p-1/t10?,11-,14+,16?;/m0./s1. The predicted octanol–water partition coefficient (Wildman–Crippen LogP) is -3.41. The molecule has 2 unspecified atom stereocenters. The van der Waals surface area contributed by atoms with E-state index < -0.39 is 49.4 Å². The summed E-state index contributed by atoms with van der Waals surface area (Å²) in [6.45, 7) is 2.73. The van der Waals surface area contributed by atoms with Crippen LogP contribution in [0.25, 0.3) is 0 Å². The number of amides is 1. The molecule has 2 aliphatic heterocycles. The van der Waals surface area contributed by atoms with Crippen LogP contribution >= 0.6 is 0 Å². The molecule has 1 spiro atoms. The Balaban J connectivity index is 0.00000182. The van der Waals surface area contributed by atoms with E-state index in [1.807, 2.05) is 0 Å². The van der Waals surface area contributed by atoms with Crippen LogP contribution in [-0.4, -0.2) is 53.6 Å². The summed E-state index contributed by atoms with van der Waals surface area (Å²) in [5.74, 6) is -1.92. The third-order valence-corrected chi connectivity index (χ3v) is 9.29. The minimum atomic E-state index is -3.81. The molecule has 4 atom stereocenters. The van der Waals surface area contributed by atoms with Crippen molar-refractivity contribution in [3.63, 3.8) is 0 Å². The first-order valence-electron chi connectivity index (χ1n) is 8.58. The number of ether oxygens (including phenoxy) is 1. The second-order valence-corrected chi connectivity index (χ2v) is 10.7. The SMILES string of the molecule is CC1(C)[C@H](C(=O)[O-])N2C(=O)C3(CC3OC3CCCCC3)[C@H]2S1(=O)=O.[Na+]. The van der Waals surface area contributed by atoms with E-state index in [2.05, 4.69) is 0 Å². The van der Waals surface area contributed by atoms with Crippen LogP contribution in [0.4, 0.5) is 0 Å². The van der Waals surface area contributed by atoms with Crippen molar-refractivity contribution in [2.75, 3.05) is 0 Å². The zero-order chi connectivity index (χ0) is 17.5. The number of aliphatic carboxylic acids is 1. The number of sulfone groups is 1. The van der Waals surface area contributed by atoms with Crippen LogP contribution in [0, 0.1) is 5.41 Å². The Morgan fingerprint density at radius 2 is 1.84 bits per heavy atom. The second-order valence-electron chi connectivity index (χ2n) is 8.06. The van der Waals surface area contributed by atoms with E-state index in [-0.39, 0.29) is 35.7 Å². The molecule has 0 aromatic rings. The summed E-state index contributed by atoms with van der Waals surface area (Å²) < 4.78 is 30.3. The molecule has 0 N–H and O–H groups in total. The second kappa shape index (κ2) is 5.92. The summed E-state index contributed by atoms with van der Waals surface area (Å²) in [5, 5.41) is 10.4. The zero-order valence-electron chi connectivity index (χ0n) is 14.9. The first-order valence-corrected chi connectivity index (χ1v) is 10.1. The Morgan fingerprint density at radius 1 is 1.24 bits per heavy atom. The van der Waals surface area contributed by atoms with Gasteiger partial charge in [-0.1, -0.05) is 19.3 Å². The van der Waals surface area contributed by atoms with Gasteiger partial charge < -0.3 is 19.5 Å². The summed E-state index contributed by atoms with van der Waals surface area (Å²) in [6.07, 6.45) is 5.29. The molecular weight excluding hydrogens is 357 g/mol. The number of rotatable bonds is 3. The van der Waals surface area contributed by atoms with E-state index in [9.17, 15) is 23.1 Å². The monoisotopic (exact) mass is 379 g/mol. The van der Waals surface area contributed by atoms with Gasteiger partial charge in [0.15, 0.2) is 15.2 Å². The first-order chi connectivity index (χ1) is 11.2. The molecular formula is C16H22NNaO6S. The normalized spacial score (nSPS) is 41.0. The predicted molar refractivity (Wildman–Crippen MR) is 81.2 cm³/mol. The maximum Gasteiger partial charge on any atom is 1.00 e. The number of β-lactam (4-membered cyclic amide) rings is 1. The van der Waals surface area contributed by atoms with Gasteiger partial charge in [0.1, 0.15) is 5.41 Å². The molecule has 0 radical (unpaired) electrons. The third kappa shape index (κ3) is 2.33. The van der Waals surface area contributed by atoms with Gasteiger partial charge in [-0.25, -0.2) is 8.42 Å². The third-order valence-electron chi connectivity index (χ3n) is 6.36. The van der Waals surface area contributed by atoms with E-state index >= 15 is 0 Å². The molecule has 9 heteroatoms. The van der Waals surface area contributed by atoms with Gasteiger partial charge in [-0.2, -0.15) is 0 Å². The summed E-state index contributed by atoms with van der Waals surface area (Å²) in [4.78, 5) is 25.1. The fourth-order valence-electron chi connectivity index (χ4n) is 4.82. The summed E-state index contributed by atoms with van der Waals surface area (Å²) in [7, 11) is -3.81. The largest absolute Gasteiger partial charge is 1.00 e. The summed E-state index contributed by atoms with van der Waals surface area (Å²) in [5.41, 5.74) is -1.06. The number of hydrogen-bond donors (Lipinski definition) is 0. The molecule has 2 aliphatic carbocycles. The average Bonchev–Trinajstić information content (AvgIpc) is 3.19. The molecule has 2 heterocycles. The van der Waals surface area contributed by atoms with Crippen molar-refractivity contribution >= 4 is 21.7 Å². The van der Waals surface area contributed by atoms with Crippen LogP contribution in [0.3, 0.4) is 0 Å². The molecule has 4 fully saturated rings. The van der Waals surface area contributed by atoms with Gasteiger partial charge in [-0.15, -0.1) is 0 Å². The van der Waals surface area contributed by atoms with E-state index in [0.29, 0.717) is 6.42 Å². The van der Waals surface area contributed by atoms with Gasteiger partial charge >= 0.3 is 29.6 Å². The van der Waals surface area contributed by atoms with Crippen molar-refractivity contribution in [2.24, 2.45) is 5.41 Å². The van der Waals surface area contributed by atoms with Crippen molar-refractivity contribution in [1.82, 2.24) is 4.90 Å². The first kappa shape index (κ1) is 19.6. The topological polar surface area (TPSA) is 104 Å². The molecule has 1 amide bonds. The average molecular weight is 379 g/mol. The molecule has 0 aromatic heterocycles. The number of carbonyl (C=O) groups excluding carboxylic acids is 2. The van der Waals surface area contributed by atoms with Gasteiger partial charge in [0.2, 0.25) is 5.91 Å². The molecule has 134 valence electrons. The Morgan fingerprint density at radius 3 is 2.40 bits per heavy atom. The molecule has 0 bridgehead atoms. The zero-order valence-corrected chi connectivity index (χ0v) is 17.7. The van der Waals surface area contributed by atoms with Gasteiger partial charge in [0, 0.05) is 0 Å². The van der Waals surface area contributed by atoms with E-state index in [1.54, 1.807) is 0 Å². The Hall–Kier alpha value is -0.150. The van der Waals surface area contributed by atoms with E-state index in [4.69, 9.17) is 4.74 Å². The van der Waals surface area contributed by atoms with Crippen molar-refractivity contribution < 1.29 is 57.4 Å². The van der Waals surface area contributed by atoms with E-state index in [0.717, 1.165) is 30.6 Å². The number of hydrogen-bond acceptors (Lipinski definition) is 6. The van der Waals surface area contributed by atoms with Gasteiger partial charge in [-0.3, -0.25) is 4.79 Å². The van der Waals surface area contributed by atoms with Crippen LogP contribution in [0.1, 0.15) is 52.4 Å². The minimum Gasteiger partial charge on any atom is -0.548 e. The maximum atomic E-state index is 12.9. The van der Waals surface area contributed by atoms with Gasteiger partial charge in [0.25, 0.3) is 0 Å². The molecule has 2 saturated carbocycles. The van der Waals surface area contributed by atoms with Crippen LogP contribution in [0.15, 0.2) is 0 Å². The molecule has 0 aromatic carbocycles. The fourth-order valence-corrected chi connectivity index (χ4v) is 7.34. The Kier molecular flexibility index (Phi) is 4.65. The minimum absolute atomic E-state index is 0. The fraction of sp³-hybridized carbons (Fsp3) is 0.875. The summed E-state index contributed by atoms with van der Waals surface area (Å²) >= 11 is 0. The molecule has 4 aliphatic rings. The van der Waals surface area contributed by atoms with Crippen molar-refractivity contribution in [2.45, 2.75) is 80.7 Å². The number of carbonyl (C=O) groups is 2. The molecule has 2 saturated heterocycles.